The summed E-state index contributed by atoms with van der Waals surface area (Å²) in [7, 11) is 0.432. The molecule has 7 atom stereocenters. The Kier molecular flexibility index (Phi) is 14.6. The third kappa shape index (κ3) is 9.72. The van der Waals surface area contributed by atoms with Gasteiger partial charge in [0.2, 0.25) is 23.6 Å². The first kappa shape index (κ1) is 39.1. The maximum absolute atomic E-state index is 13.8. The number of methoxy groups -OCH3 is 2. The minimum Gasteiger partial charge on any atom is -0.379 e. The van der Waals surface area contributed by atoms with E-state index in [9.17, 15) is 27.6 Å². The molecule has 260 valence electrons. The van der Waals surface area contributed by atoms with Gasteiger partial charge < -0.3 is 30.3 Å². The lowest BCUT2D eigenvalue weighted by Crippen LogP contribution is -2.56. The third-order valence-corrected chi connectivity index (χ3v) is 10.3. The van der Waals surface area contributed by atoms with Gasteiger partial charge in [-0.15, -0.1) is 0 Å². The molecule has 0 spiro atoms. The summed E-state index contributed by atoms with van der Waals surface area (Å²) in [5.41, 5.74) is 6.61. The standard InChI is InChI=1S/C32H53N5O8S/c1-10-20(4)29(36(7)32(41)28(33)19(2)3)26(44-8)18-27(39)37-17-11-12-25(37)30(45-9)21(5)31(40)35-46(42,43)24-15-13-23(14-16-24)34-22(6)38/h13-16,19-21,25-26,28-30H,10-12,17-18,33H2,1-9H3,(H,34,38)(H,35,40)/t20-,21+,25-,26+,28-,29-,30+/m0/s1. The van der Waals surface area contributed by atoms with Crippen LogP contribution in [0.15, 0.2) is 29.2 Å². The zero-order valence-electron chi connectivity index (χ0n) is 28.6. The van der Waals surface area contributed by atoms with Crippen molar-refractivity contribution in [2.75, 3.05) is 33.1 Å². The van der Waals surface area contributed by atoms with Crippen molar-refractivity contribution in [1.29, 1.82) is 0 Å². The number of likely N-dealkylation sites (N-methyl/N-ethyl adjacent to an activating group) is 1. The van der Waals surface area contributed by atoms with Crippen molar-refractivity contribution in [3.63, 3.8) is 0 Å². The molecule has 1 aliphatic heterocycles. The molecule has 14 heteroatoms. The molecule has 0 bridgehead atoms. The van der Waals surface area contributed by atoms with Crippen LogP contribution in [0.1, 0.15) is 67.2 Å². The number of hydrogen-bond acceptors (Lipinski definition) is 9. The number of rotatable bonds is 16. The highest BCUT2D eigenvalue weighted by Crippen LogP contribution is 2.29. The quantitative estimate of drug-likeness (QED) is 0.239. The molecule has 0 radical (unpaired) electrons. The van der Waals surface area contributed by atoms with E-state index in [0.717, 1.165) is 6.42 Å². The van der Waals surface area contributed by atoms with Crippen LogP contribution in [0.3, 0.4) is 0 Å². The summed E-state index contributed by atoms with van der Waals surface area (Å²) in [6, 6.07) is 3.86. The molecule has 1 fully saturated rings. The van der Waals surface area contributed by atoms with E-state index in [1.54, 1.807) is 23.8 Å². The van der Waals surface area contributed by atoms with Crippen molar-refractivity contribution in [2.45, 2.75) is 102 Å². The highest BCUT2D eigenvalue weighted by Gasteiger charge is 2.42. The molecule has 4 amide bonds. The molecule has 0 unspecified atom stereocenters. The monoisotopic (exact) mass is 667 g/mol. The normalized spacial score (nSPS) is 19.1. The van der Waals surface area contributed by atoms with Crippen LogP contribution in [0.25, 0.3) is 0 Å². The second-order valence-corrected chi connectivity index (χ2v) is 14.2. The molecule has 0 aromatic heterocycles. The van der Waals surface area contributed by atoms with E-state index in [-0.39, 0.29) is 40.9 Å². The number of nitrogens with one attached hydrogen (secondary N) is 2. The molecule has 4 N–H and O–H groups in total. The van der Waals surface area contributed by atoms with Crippen molar-refractivity contribution in [2.24, 2.45) is 23.5 Å². The number of likely N-dealkylation sites (tertiary alicyclic amines) is 1. The predicted molar refractivity (Wildman–Crippen MR) is 175 cm³/mol. The van der Waals surface area contributed by atoms with E-state index in [0.29, 0.717) is 25.1 Å². The largest absolute Gasteiger partial charge is 0.379 e. The van der Waals surface area contributed by atoms with E-state index in [4.69, 9.17) is 15.2 Å². The fourth-order valence-electron chi connectivity index (χ4n) is 6.03. The lowest BCUT2D eigenvalue weighted by atomic mass is 9.89. The average Bonchev–Trinajstić information content (AvgIpc) is 3.49. The first-order valence-corrected chi connectivity index (χ1v) is 17.3. The van der Waals surface area contributed by atoms with Crippen LogP contribution >= 0.6 is 0 Å². The van der Waals surface area contributed by atoms with Crippen LogP contribution in [-0.4, -0.2) is 100.0 Å². The molecule has 1 aromatic carbocycles. The van der Waals surface area contributed by atoms with Gasteiger partial charge in [-0.1, -0.05) is 41.0 Å². The molecule has 46 heavy (non-hydrogen) atoms. The number of ether oxygens (including phenoxy) is 2. The average molecular weight is 668 g/mol. The van der Waals surface area contributed by atoms with Gasteiger partial charge in [0.05, 0.1) is 47.6 Å². The van der Waals surface area contributed by atoms with Crippen LogP contribution in [0, 0.1) is 17.8 Å². The van der Waals surface area contributed by atoms with Crippen LogP contribution in [0.4, 0.5) is 5.69 Å². The summed E-state index contributed by atoms with van der Waals surface area (Å²) in [6.07, 6.45) is 0.589. The van der Waals surface area contributed by atoms with E-state index < -0.39 is 52.2 Å². The Morgan fingerprint density at radius 2 is 1.67 bits per heavy atom. The maximum atomic E-state index is 13.8. The number of carbonyl (C=O) groups excluding carboxylic acids is 4. The predicted octanol–water partition coefficient (Wildman–Crippen LogP) is 2.35. The van der Waals surface area contributed by atoms with Crippen molar-refractivity contribution in [3.8, 4) is 0 Å². The van der Waals surface area contributed by atoms with E-state index >= 15 is 0 Å². The van der Waals surface area contributed by atoms with Gasteiger partial charge in [-0.05, 0) is 48.9 Å². The fourth-order valence-corrected chi connectivity index (χ4v) is 7.09. The number of carbonyl (C=O) groups is 4. The van der Waals surface area contributed by atoms with E-state index in [1.807, 2.05) is 27.7 Å². The molecular formula is C32H53N5O8S. The summed E-state index contributed by atoms with van der Waals surface area (Å²) in [5, 5.41) is 2.56. The maximum Gasteiger partial charge on any atom is 0.264 e. The van der Waals surface area contributed by atoms with Gasteiger partial charge in [0.25, 0.3) is 10.0 Å². The molecular weight excluding hydrogens is 614 g/mol. The lowest BCUT2D eigenvalue weighted by Gasteiger charge is -2.40. The number of hydrogen-bond donors (Lipinski definition) is 3. The van der Waals surface area contributed by atoms with E-state index in [1.165, 1.54) is 45.4 Å². The van der Waals surface area contributed by atoms with Crippen molar-refractivity contribution < 1.29 is 37.1 Å². The molecule has 1 aliphatic rings. The fraction of sp³-hybridized carbons (Fsp3) is 0.688. The minimum atomic E-state index is -4.22. The van der Waals surface area contributed by atoms with Crippen LogP contribution in [-0.2, 0) is 38.7 Å². The number of sulfonamides is 1. The van der Waals surface area contributed by atoms with Crippen LogP contribution in [0.2, 0.25) is 0 Å². The molecule has 1 saturated heterocycles. The van der Waals surface area contributed by atoms with Gasteiger partial charge in [-0.3, -0.25) is 19.2 Å². The topological polar surface area (TPSA) is 177 Å². The molecule has 0 aliphatic carbocycles. The Balaban J connectivity index is 2.22. The lowest BCUT2D eigenvalue weighted by molar-refractivity contribution is -0.146. The minimum absolute atomic E-state index is 0.00356. The first-order valence-electron chi connectivity index (χ1n) is 15.8. The Morgan fingerprint density at radius 3 is 2.17 bits per heavy atom. The molecule has 13 nitrogen and oxygen atoms in total. The number of nitrogens with two attached hydrogens (primary N) is 1. The van der Waals surface area contributed by atoms with Gasteiger partial charge in [-0.25, -0.2) is 13.1 Å². The van der Waals surface area contributed by atoms with Crippen molar-refractivity contribution in [3.05, 3.63) is 24.3 Å². The molecule has 1 heterocycles. The highest BCUT2D eigenvalue weighted by atomic mass is 32.2. The second kappa shape index (κ2) is 17.2. The van der Waals surface area contributed by atoms with Gasteiger partial charge in [0.1, 0.15) is 0 Å². The van der Waals surface area contributed by atoms with E-state index in [2.05, 4.69) is 10.0 Å². The highest BCUT2D eigenvalue weighted by molar-refractivity contribution is 7.90. The van der Waals surface area contributed by atoms with Crippen LogP contribution < -0.4 is 15.8 Å². The molecule has 0 saturated carbocycles. The van der Waals surface area contributed by atoms with Gasteiger partial charge >= 0.3 is 0 Å². The Hall–Kier alpha value is -3.07. The zero-order valence-corrected chi connectivity index (χ0v) is 29.4. The van der Waals surface area contributed by atoms with Gasteiger partial charge in [-0.2, -0.15) is 0 Å². The molecule has 2 rings (SSSR count). The molecule has 1 aromatic rings. The Labute approximate surface area is 274 Å². The van der Waals surface area contributed by atoms with Crippen molar-refractivity contribution >= 4 is 39.3 Å². The number of nitrogens with zero attached hydrogens (tertiary/aromatic N) is 2. The summed E-state index contributed by atoms with van der Waals surface area (Å²) >= 11 is 0. The Bertz CT molecular complexity index is 1310. The number of anilines is 1. The second-order valence-electron chi connectivity index (χ2n) is 12.5. The first-order chi connectivity index (χ1) is 21.5. The summed E-state index contributed by atoms with van der Waals surface area (Å²) in [4.78, 5) is 54.7. The third-order valence-electron chi connectivity index (χ3n) is 8.98. The summed E-state index contributed by atoms with van der Waals surface area (Å²) in [5.74, 6) is -2.47. The number of amides is 4. The zero-order chi connectivity index (χ0) is 34.9. The van der Waals surface area contributed by atoms with Gasteiger partial charge in [0, 0.05) is 40.4 Å². The van der Waals surface area contributed by atoms with Crippen molar-refractivity contribution in [1.82, 2.24) is 14.5 Å². The summed E-state index contributed by atoms with van der Waals surface area (Å²) < 4.78 is 39.7. The number of benzene rings is 1. The SMILES string of the molecule is CC[C@H](C)[C@@H]([C@@H](CC(=O)N1CCC[C@H]1[C@H](OC)[C@@H](C)C(=O)NS(=O)(=O)c1ccc(NC(C)=O)cc1)OC)N(C)C(=O)[C@@H](N)C(C)C. The smallest absolute Gasteiger partial charge is 0.264 e. The Morgan fingerprint density at radius 1 is 1.07 bits per heavy atom. The van der Waals surface area contributed by atoms with Crippen LogP contribution in [0.5, 0.6) is 0 Å². The van der Waals surface area contributed by atoms with Gasteiger partial charge in [0.15, 0.2) is 0 Å². The summed E-state index contributed by atoms with van der Waals surface area (Å²) in [6.45, 7) is 11.1.